The Morgan fingerprint density at radius 3 is 2.72 bits per heavy atom. The fraction of sp³-hybridized carbons (Fsp3) is 0.615. The van der Waals surface area contributed by atoms with Gasteiger partial charge < -0.3 is 14.7 Å². The van der Waals surface area contributed by atoms with Crippen LogP contribution in [0.5, 0.6) is 0 Å². The van der Waals surface area contributed by atoms with Crippen LogP contribution in [-0.4, -0.2) is 49.3 Å². The third kappa shape index (κ3) is 3.80. The van der Waals surface area contributed by atoms with Crippen molar-refractivity contribution in [1.82, 2.24) is 4.90 Å². The zero-order chi connectivity index (χ0) is 13.5. The highest BCUT2D eigenvalue weighted by Gasteiger charge is 2.18. The lowest BCUT2D eigenvalue weighted by molar-refractivity contribution is 0.0661. The Morgan fingerprint density at radius 2 is 2.22 bits per heavy atom. The molecule has 1 heterocycles. The standard InChI is InChI=1S/C13H21NO3S/c1-4-11-9-12(18-10(11)2)13(16)14(5-7-15)6-8-17-3/h9,15H,4-8H2,1-3H3. The molecule has 0 aliphatic heterocycles. The number of thiophene rings is 1. The predicted molar refractivity (Wildman–Crippen MR) is 73.3 cm³/mol. The lowest BCUT2D eigenvalue weighted by atomic mass is 10.2. The average Bonchev–Trinajstić information content (AvgIpc) is 2.75. The summed E-state index contributed by atoms with van der Waals surface area (Å²) in [7, 11) is 1.60. The van der Waals surface area contributed by atoms with Crippen LogP contribution >= 0.6 is 11.3 Å². The molecular formula is C13H21NO3S. The van der Waals surface area contributed by atoms with Gasteiger partial charge in [0.25, 0.3) is 5.91 Å². The molecule has 1 amide bonds. The highest BCUT2D eigenvalue weighted by molar-refractivity contribution is 7.14. The lowest BCUT2D eigenvalue weighted by Crippen LogP contribution is -2.35. The second-order valence-electron chi connectivity index (χ2n) is 4.05. The van der Waals surface area contributed by atoms with Crippen LogP contribution in [0.15, 0.2) is 6.07 Å². The number of carbonyl (C=O) groups is 1. The number of rotatable bonds is 7. The molecule has 102 valence electrons. The quantitative estimate of drug-likeness (QED) is 0.821. The molecule has 0 aromatic carbocycles. The Kier molecular flexibility index (Phi) is 6.32. The number of carbonyl (C=O) groups excluding carboxylic acids is 1. The van der Waals surface area contributed by atoms with Gasteiger partial charge in [0.2, 0.25) is 0 Å². The van der Waals surface area contributed by atoms with Gasteiger partial charge in [-0.15, -0.1) is 11.3 Å². The van der Waals surface area contributed by atoms with Gasteiger partial charge in [0.1, 0.15) is 0 Å². The maximum Gasteiger partial charge on any atom is 0.264 e. The minimum atomic E-state index is -0.0273. The largest absolute Gasteiger partial charge is 0.395 e. The number of hydrogen-bond acceptors (Lipinski definition) is 4. The second-order valence-corrected chi connectivity index (χ2v) is 5.31. The van der Waals surface area contributed by atoms with E-state index in [2.05, 4.69) is 6.92 Å². The number of hydrogen-bond donors (Lipinski definition) is 1. The van der Waals surface area contributed by atoms with E-state index in [9.17, 15) is 4.79 Å². The molecule has 0 saturated heterocycles. The van der Waals surface area contributed by atoms with Gasteiger partial charge in [-0.05, 0) is 25.0 Å². The summed E-state index contributed by atoms with van der Waals surface area (Å²) >= 11 is 1.52. The van der Waals surface area contributed by atoms with Crippen molar-refractivity contribution in [1.29, 1.82) is 0 Å². The van der Waals surface area contributed by atoms with Crippen molar-refractivity contribution in [3.8, 4) is 0 Å². The Morgan fingerprint density at radius 1 is 1.50 bits per heavy atom. The predicted octanol–water partition coefficient (Wildman–Crippen LogP) is 1.70. The number of nitrogens with zero attached hydrogens (tertiary/aromatic N) is 1. The van der Waals surface area contributed by atoms with Gasteiger partial charge in [-0.2, -0.15) is 0 Å². The number of amides is 1. The summed E-state index contributed by atoms with van der Waals surface area (Å²) < 4.78 is 4.98. The molecule has 0 unspecified atom stereocenters. The minimum Gasteiger partial charge on any atom is -0.395 e. The summed E-state index contributed by atoms with van der Waals surface area (Å²) in [5.41, 5.74) is 1.22. The van der Waals surface area contributed by atoms with Crippen molar-refractivity contribution in [3.63, 3.8) is 0 Å². The summed E-state index contributed by atoms with van der Waals surface area (Å²) in [5.74, 6) is -0.0195. The van der Waals surface area contributed by atoms with E-state index >= 15 is 0 Å². The monoisotopic (exact) mass is 271 g/mol. The molecular weight excluding hydrogens is 250 g/mol. The SMILES string of the molecule is CCc1cc(C(=O)N(CCO)CCOC)sc1C. The van der Waals surface area contributed by atoms with Crippen molar-refractivity contribution in [2.24, 2.45) is 0 Å². The molecule has 1 aromatic heterocycles. The number of aryl methyl sites for hydroxylation is 2. The Bertz CT molecular complexity index is 390. The van der Waals surface area contributed by atoms with Crippen molar-refractivity contribution in [3.05, 3.63) is 21.4 Å². The number of ether oxygens (including phenoxy) is 1. The molecule has 1 rings (SSSR count). The summed E-state index contributed by atoms with van der Waals surface area (Å²) in [5, 5.41) is 9.01. The smallest absolute Gasteiger partial charge is 0.264 e. The van der Waals surface area contributed by atoms with Crippen molar-refractivity contribution in [2.45, 2.75) is 20.3 Å². The first-order valence-electron chi connectivity index (χ1n) is 6.12. The van der Waals surface area contributed by atoms with Crippen LogP contribution in [0, 0.1) is 6.92 Å². The molecule has 0 radical (unpaired) electrons. The molecule has 0 atom stereocenters. The Hall–Kier alpha value is -0.910. The molecule has 0 fully saturated rings. The van der Waals surface area contributed by atoms with Gasteiger partial charge in [-0.3, -0.25) is 4.79 Å². The van der Waals surface area contributed by atoms with Crippen LogP contribution in [0.3, 0.4) is 0 Å². The van der Waals surface area contributed by atoms with Gasteiger partial charge in [0.15, 0.2) is 0 Å². The maximum atomic E-state index is 12.3. The van der Waals surface area contributed by atoms with Crippen LogP contribution < -0.4 is 0 Å². The fourth-order valence-corrected chi connectivity index (χ4v) is 2.85. The van der Waals surface area contributed by atoms with Gasteiger partial charge >= 0.3 is 0 Å². The van der Waals surface area contributed by atoms with E-state index in [1.165, 1.54) is 21.8 Å². The van der Waals surface area contributed by atoms with Gasteiger partial charge in [-0.1, -0.05) is 6.92 Å². The highest BCUT2D eigenvalue weighted by Crippen LogP contribution is 2.23. The van der Waals surface area contributed by atoms with Crippen LogP contribution in [0.4, 0.5) is 0 Å². The molecule has 0 bridgehead atoms. The van der Waals surface area contributed by atoms with E-state index in [1.807, 2.05) is 13.0 Å². The molecule has 1 aromatic rings. The molecule has 4 nitrogen and oxygen atoms in total. The maximum absolute atomic E-state index is 12.3. The van der Waals surface area contributed by atoms with E-state index in [-0.39, 0.29) is 12.5 Å². The molecule has 18 heavy (non-hydrogen) atoms. The van der Waals surface area contributed by atoms with E-state index in [0.29, 0.717) is 19.7 Å². The first-order chi connectivity index (χ1) is 8.63. The highest BCUT2D eigenvalue weighted by atomic mass is 32.1. The van der Waals surface area contributed by atoms with Gasteiger partial charge in [0.05, 0.1) is 18.1 Å². The van der Waals surface area contributed by atoms with Crippen molar-refractivity contribution in [2.75, 3.05) is 33.4 Å². The first-order valence-corrected chi connectivity index (χ1v) is 6.94. The Balaban J connectivity index is 2.80. The van der Waals surface area contributed by atoms with Crippen LogP contribution in [0.2, 0.25) is 0 Å². The average molecular weight is 271 g/mol. The first kappa shape index (κ1) is 15.1. The topological polar surface area (TPSA) is 49.8 Å². The Labute approximate surface area is 112 Å². The summed E-state index contributed by atoms with van der Waals surface area (Å²) in [6.07, 6.45) is 0.938. The van der Waals surface area contributed by atoms with E-state index in [1.54, 1.807) is 12.0 Å². The van der Waals surface area contributed by atoms with Crippen LogP contribution in [-0.2, 0) is 11.2 Å². The van der Waals surface area contributed by atoms with E-state index in [4.69, 9.17) is 9.84 Å². The van der Waals surface area contributed by atoms with Crippen LogP contribution in [0.25, 0.3) is 0 Å². The zero-order valence-electron chi connectivity index (χ0n) is 11.2. The molecule has 5 heteroatoms. The minimum absolute atomic E-state index is 0.0195. The number of aliphatic hydroxyl groups excluding tert-OH is 1. The van der Waals surface area contributed by atoms with Crippen LogP contribution in [0.1, 0.15) is 27.0 Å². The normalized spacial score (nSPS) is 10.7. The molecule has 0 spiro atoms. The summed E-state index contributed by atoms with van der Waals surface area (Å²) in [6, 6.07) is 1.96. The zero-order valence-corrected chi connectivity index (χ0v) is 12.0. The molecule has 0 saturated carbocycles. The summed E-state index contributed by atoms with van der Waals surface area (Å²) in [6.45, 7) is 5.43. The van der Waals surface area contributed by atoms with Crippen molar-refractivity contribution >= 4 is 17.2 Å². The third-order valence-electron chi connectivity index (χ3n) is 2.83. The molecule has 0 aliphatic carbocycles. The van der Waals surface area contributed by atoms with Gasteiger partial charge in [-0.25, -0.2) is 0 Å². The molecule has 1 N–H and O–H groups in total. The van der Waals surface area contributed by atoms with E-state index < -0.39 is 0 Å². The molecule has 0 aliphatic rings. The lowest BCUT2D eigenvalue weighted by Gasteiger charge is -2.20. The van der Waals surface area contributed by atoms with Crippen molar-refractivity contribution < 1.29 is 14.6 Å². The number of methoxy groups -OCH3 is 1. The van der Waals surface area contributed by atoms with Gasteiger partial charge in [0, 0.05) is 25.1 Å². The second kappa shape index (κ2) is 7.51. The van der Waals surface area contributed by atoms with E-state index in [0.717, 1.165) is 11.3 Å². The fourth-order valence-electron chi connectivity index (χ4n) is 1.77. The number of aliphatic hydroxyl groups is 1. The summed E-state index contributed by atoms with van der Waals surface area (Å²) in [4.78, 5) is 15.9. The third-order valence-corrected chi connectivity index (χ3v) is 3.92.